The number of nitrogens with one attached hydrogen (secondary N) is 1. The normalized spacial score (nSPS) is 13.2. The third-order valence-electron chi connectivity index (χ3n) is 6.53. The Morgan fingerprint density at radius 3 is 2.68 bits per heavy atom. The molecule has 0 saturated carbocycles. The lowest BCUT2D eigenvalue weighted by atomic mass is 10.1. The standard InChI is InChI=1S/C29H29BrN2O3S2/c1-2-35-29(34)27-22-9-4-3-5-11-24(22)37-28(27)31-26(33)18-36-25-17-32(23-10-7-6-8-21(23)25)16-19-12-14-20(30)15-13-19/h6-8,10,12-15,17H,2-5,9,11,16,18H2,1H3,(H,31,33). The van der Waals surface area contributed by atoms with Crippen molar-refractivity contribution in [3.8, 4) is 0 Å². The molecule has 0 spiro atoms. The van der Waals surface area contributed by atoms with Gasteiger partial charge in [-0.05, 0) is 61.9 Å². The highest BCUT2D eigenvalue weighted by atomic mass is 79.9. The van der Waals surface area contributed by atoms with Crippen LogP contribution in [0.2, 0.25) is 0 Å². The SMILES string of the molecule is CCOC(=O)c1c(NC(=O)CSc2cn(Cc3ccc(Br)cc3)c3ccccc23)sc2c1CCCCC2. The monoisotopic (exact) mass is 596 g/mol. The Morgan fingerprint density at radius 1 is 1.08 bits per heavy atom. The summed E-state index contributed by atoms with van der Waals surface area (Å²) in [5.74, 6) is -0.186. The van der Waals surface area contributed by atoms with E-state index in [9.17, 15) is 9.59 Å². The van der Waals surface area contributed by atoms with E-state index in [1.807, 2.05) is 19.1 Å². The lowest BCUT2D eigenvalue weighted by Crippen LogP contribution is -2.16. The minimum atomic E-state index is -0.333. The predicted octanol–water partition coefficient (Wildman–Crippen LogP) is 7.69. The highest BCUT2D eigenvalue weighted by Gasteiger charge is 2.26. The minimum Gasteiger partial charge on any atom is -0.462 e. The zero-order valence-corrected chi connectivity index (χ0v) is 23.9. The molecule has 2 aromatic heterocycles. The molecule has 1 amide bonds. The van der Waals surface area contributed by atoms with E-state index in [1.54, 1.807) is 0 Å². The number of thiophene rings is 1. The topological polar surface area (TPSA) is 60.3 Å². The second kappa shape index (κ2) is 11.9. The lowest BCUT2D eigenvalue weighted by molar-refractivity contribution is -0.113. The molecule has 1 aliphatic rings. The summed E-state index contributed by atoms with van der Waals surface area (Å²) in [6, 6.07) is 16.6. The van der Waals surface area contributed by atoms with Gasteiger partial charge in [-0.3, -0.25) is 4.79 Å². The number of hydrogen-bond acceptors (Lipinski definition) is 5. The summed E-state index contributed by atoms with van der Waals surface area (Å²) >= 11 is 6.56. The van der Waals surface area contributed by atoms with Crippen LogP contribution >= 0.6 is 39.0 Å². The van der Waals surface area contributed by atoms with Crippen LogP contribution < -0.4 is 5.32 Å². The van der Waals surface area contributed by atoms with Crippen LogP contribution in [-0.2, 0) is 28.9 Å². The molecular formula is C29H29BrN2O3S2. The number of fused-ring (bicyclic) bond motifs is 2. The zero-order chi connectivity index (χ0) is 25.8. The highest BCUT2D eigenvalue weighted by molar-refractivity contribution is 9.10. The number of amides is 1. The van der Waals surface area contributed by atoms with E-state index in [-0.39, 0.29) is 17.6 Å². The van der Waals surface area contributed by atoms with E-state index >= 15 is 0 Å². The fourth-order valence-electron chi connectivity index (χ4n) is 4.80. The molecule has 1 aliphatic carbocycles. The molecule has 0 aliphatic heterocycles. The van der Waals surface area contributed by atoms with Gasteiger partial charge in [0.2, 0.25) is 5.91 Å². The summed E-state index contributed by atoms with van der Waals surface area (Å²) in [5, 5.41) is 4.81. The molecular weight excluding hydrogens is 568 g/mol. The molecule has 0 saturated heterocycles. The fourth-order valence-corrected chi connectivity index (χ4v) is 7.25. The van der Waals surface area contributed by atoms with Crippen LogP contribution in [0, 0.1) is 0 Å². The van der Waals surface area contributed by atoms with E-state index in [2.05, 4.69) is 68.4 Å². The van der Waals surface area contributed by atoms with Gasteiger partial charge >= 0.3 is 5.97 Å². The van der Waals surface area contributed by atoms with Crippen LogP contribution in [0.3, 0.4) is 0 Å². The van der Waals surface area contributed by atoms with E-state index < -0.39 is 0 Å². The number of anilines is 1. The van der Waals surface area contributed by atoms with Crippen molar-refractivity contribution in [2.45, 2.75) is 50.5 Å². The number of benzene rings is 2. The summed E-state index contributed by atoms with van der Waals surface area (Å²) < 4.78 is 8.65. The number of hydrogen-bond donors (Lipinski definition) is 1. The Labute approximate surface area is 233 Å². The summed E-state index contributed by atoms with van der Waals surface area (Å²) in [4.78, 5) is 28.2. The molecule has 192 valence electrons. The average molecular weight is 598 g/mol. The van der Waals surface area contributed by atoms with Crippen molar-refractivity contribution in [2.24, 2.45) is 0 Å². The maximum atomic E-state index is 13.1. The van der Waals surface area contributed by atoms with Crippen molar-refractivity contribution in [1.29, 1.82) is 0 Å². The van der Waals surface area contributed by atoms with Gasteiger partial charge in [-0.2, -0.15) is 0 Å². The van der Waals surface area contributed by atoms with Crippen LogP contribution in [-0.4, -0.2) is 28.8 Å². The maximum Gasteiger partial charge on any atom is 0.341 e. The van der Waals surface area contributed by atoms with Gasteiger partial charge in [-0.15, -0.1) is 23.1 Å². The molecule has 37 heavy (non-hydrogen) atoms. The highest BCUT2D eigenvalue weighted by Crippen LogP contribution is 2.38. The van der Waals surface area contributed by atoms with E-state index in [4.69, 9.17) is 4.74 Å². The first-order chi connectivity index (χ1) is 18.0. The van der Waals surface area contributed by atoms with Crippen molar-refractivity contribution in [3.05, 3.63) is 80.8 Å². The summed E-state index contributed by atoms with van der Waals surface area (Å²) in [6.07, 6.45) is 7.28. The first-order valence-electron chi connectivity index (χ1n) is 12.6. The Hall–Kier alpha value is -2.55. The first-order valence-corrected chi connectivity index (χ1v) is 15.2. The largest absolute Gasteiger partial charge is 0.462 e. The van der Waals surface area contributed by atoms with Gasteiger partial charge in [0.25, 0.3) is 0 Å². The molecule has 1 N–H and O–H groups in total. The molecule has 0 atom stereocenters. The molecule has 0 bridgehead atoms. The van der Waals surface area contributed by atoms with Gasteiger partial charge in [0, 0.05) is 37.9 Å². The number of nitrogens with zero attached hydrogens (tertiary/aromatic N) is 1. The number of aromatic nitrogens is 1. The summed E-state index contributed by atoms with van der Waals surface area (Å²) in [5.41, 5.74) is 3.98. The average Bonchev–Trinajstić information content (AvgIpc) is 3.32. The summed E-state index contributed by atoms with van der Waals surface area (Å²) in [6.45, 7) is 2.88. The predicted molar refractivity (Wildman–Crippen MR) is 156 cm³/mol. The Bertz CT molecular complexity index is 1430. The number of thioether (sulfide) groups is 1. The van der Waals surface area contributed by atoms with Gasteiger partial charge < -0.3 is 14.6 Å². The van der Waals surface area contributed by atoms with Crippen LogP contribution in [0.4, 0.5) is 5.00 Å². The second-order valence-electron chi connectivity index (χ2n) is 9.09. The van der Waals surface area contributed by atoms with Crippen molar-refractivity contribution in [1.82, 2.24) is 4.57 Å². The van der Waals surface area contributed by atoms with Crippen molar-refractivity contribution in [3.63, 3.8) is 0 Å². The maximum absolute atomic E-state index is 13.1. The van der Waals surface area contributed by atoms with Gasteiger partial charge in [0.05, 0.1) is 17.9 Å². The molecule has 5 nitrogen and oxygen atoms in total. The number of aryl methyl sites for hydroxylation is 1. The fraction of sp³-hybridized carbons (Fsp3) is 0.310. The van der Waals surface area contributed by atoms with Crippen molar-refractivity contribution >= 4 is 66.8 Å². The zero-order valence-electron chi connectivity index (χ0n) is 20.7. The van der Waals surface area contributed by atoms with Crippen LogP contribution in [0.15, 0.2) is 64.1 Å². The molecule has 4 aromatic rings. The van der Waals surface area contributed by atoms with E-state index in [0.717, 1.165) is 64.5 Å². The van der Waals surface area contributed by atoms with Gasteiger partial charge in [-0.25, -0.2) is 4.79 Å². The third-order valence-corrected chi connectivity index (χ3v) is 9.31. The number of para-hydroxylation sites is 1. The molecule has 0 fully saturated rings. The van der Waals surface area contributed by atoms with Crippen LogP contribution in [0.5, 0.6) is 0 Å². The minimum absolute atomic E-state index is 0.114. The Morgan fingerprint density at radius 2 is 1.86 bits per heavy atom. The van der Waals surface area contributed by atoms with Gasteiger partial charge in [-0.1, -0.05) is 52.7 Å². The molecule has 8 heteroatoms. The van der Waals surface area contributed by atoms with Gasteiger partial charge in [0.15, 0.2) is 0 Å². The second-order valence-corrected chi connectivity index (χ2v) is 12.1. The van der Waals surface area contributed by atoms with E-state index in [1.165, 1.54) is 33.5 Å². The summed E-state index contributed by atoms with van der Waals surface area (Å²) in [7, 11) is 0. The smallest absolute Gasteiger partial charge is 0.341 e. The number of carbonyl (C=O) groups is 2. The Balaban J connectivity index is 1.33. The molecule has 2 heterocycles. The molecule has 5 rings (SSSR count). The molecule has 0 unspecified atom stereocenters. The number of halogens is 1. The van der Waals surface area contributed by atoms with E-state index in [0.29, 0.717) is 17.2 Å². The number of carbonyl (C=O) groups excluding carboxylic acids is 2. The number of ether oxygens (including phenoxy) is 1. The van der Waals surface area contributed by atoms with Gasteiger partial charge in [0.1, 0.15) is 5.00 Å². The van der Waals surface area contributed by atoms with Crippen molar-refractivity contribution in [2.75, 3.05) is 17.7 Å². The number of rotatable bonds is 8. The van der Waals surface area contributed by atoms with Crippen molar-refractivity contribution < 1.29 is 14.3 Å². The molecule has 2 aromatic carbocycles. The van der Waals surface area contributed by atoms with Crippen LogP contribution in [0.1, 0.15) is 52.5 Å². The third kappa shape index (κ3) is 5.97. The lowest BCUT2D eigenvalue weighted by Gasteiger charge is -2.08. The quantitative estimate of drug-likeness (QED) is 0.129. The molecule has 0 radical (unpaired) electrons. The Kier molecular flexibility index (Phi) is 8.37. The number of esters is 1. The van der Waals surface area contributed by atoms with Crippen LogP contribution in [0.25, 0.3) is 10.9 Å². The first kappa shape index (κ1) is 26.1.